The van der Waals surface area contributed by atoms with Crippen LogP contribution in [0.1, 0.15) is 0 Å². The molecule has 4 N–H and O–H groups in total. The lowest BCUT2D eigenvalue weighted by Crippen LogP contribution is -2.34. The summed E-state index contributed by atoms with van der Waals surface area (Å²) >= 11 is 0. The van der Waals surface area contributed by atoms with E-state index in [1.54, 1.807) is 0 Å². The number of hydrogen-bond acceptors (Lipinski definition) is 7. The van der Waals surface area contributed by atoms with Gasteiger partial charge >= 0.3 is 0 Å². The van der Waals surface area contributed by atoms with E-state index in [0.717, 1.165) is 9.80 Å². The minimum Gasteiger partial charge on any atom is -0.378 e. The Morgan fingerprint density at radius 1 is 0.696 bits per heavy atom. The number of rotatable bonds is 7. The molecule has 0 atom stereocenters. The highest BCUT2D eigenvalue weighted by atomic mass is 16.5. The molecule has 0 saturated carbocycles. The first-order valence-electron chi connectivity index (χ1n) is 7.06. The molecule has 2 rings (SSSR count). The zero-order chi connectivity index (χ0) is 17.2. The highest BCUT2D eigenvalue weighted by molar-refractivity contribution is 6.13. The number of carbonyl (C=O) groups excluding carboxylic acids is 4. The van der Waals surface area contributed by atoms with Gasteiger partial charge in [0.1, 0.15) is 0 Å². The molecular weight excluding hydrogens is 304 g/mol. The van der Waals surface area contributed by atoms with E-state index in [1.165, 1.54) is 24.3 Å². The van der Waals surface area contributed by atoms with E-state index in [9.17, 15) is 19.2 Å². The standard InChI is InChI=1S/C8H12N2O3.C6H8N2O2/c9-3-5-13-6-4-10-7(11)1-2-8(10)12;7-3-4-8-5(9)1-2-6(8)10/h1-2H,3-6,9H2;1-2H,3-4,7H2. The van der Waals surface area contributed by atoms with E-state index in [-0.39, 0.29) is 23.6 Å². The van der Waals surface area contributed by atoms with Crippen LogP contribution in [-0.4, -0.2) is 72.8 Å². The van der Waals surface area contributed by atoms with E-state index < -0.39 is 0 Å². The monoisotopic (exact) mass is 324 g/mol. The predicted molar refractivity (Wildman–Crippen MR) is 80.6 cm³/mol. The van der Waals surface area contributed by atoms with Gasteiger partial charge in [-0.2, -0.15) is 0 Å². The van der Waals surface area contributed by atoms with Crippen LogP contribution >= 0.6 is 0 Å². The molecule has 0 radical (unpaired) electrons. The molecule has 0 saturated heterocycles. The molecule has 0 bridgehead atoms. The highest BCUT2D eigenvalue weighted by Gasteiger charge is 2.22. The van der Waals surface area contributed by atoms with Crippen molar-refractivity contribution in [2.24, 2.45) is 11.5 Å². The fourth-order valence-electron chi connectivity index (χ4n) is 1.77. The van der Waals surface area contributed by atoms with Gasteiger partial charge in [0.25, 0.3) is 23.6 Å². The molecule has 0 aliphatic carbocycles. The van der Waals surface area contributed by atoms with E-state index in [2.05, 4.69) is 0 Å². The summed E-state index contributed by atoms with van der Waals surface area (Å²) in [5.74, 6) is -1.09. The average molecular weight is 324 g/mol. The van der Waals surface area contributed by atoms with Gasteiger partial charge in [-0.15, -0.1) is 0 Å². The Morgan fingerprint density at radius 2 is 1.13 bits per heavy atom. The number of nitrogens with two attached hydrogens (primary N) is 2. The summed E-state index contributed by atoms with van der Waals surface area (Å²) in [6, 6.07) is 0. The van der Waals surface area contributed by atoms with Crippen LogP contribution in [0, 0.1) is 0 Å². The van der Waals surface area contributed by atoms with Crippen molar-refractivity contribution in [1.29, 1.82) is 0 Å². The smallest absolute Gasteiger partial charge is 0.253 e. The molecule has 0 spiro atoms. The van der Waals surface area contributed by atoms with Gasteiger partial charge in [-0.1, -0.05) is 0 Å². The molecular formula is C14H20N4O5. The molecule has 0 aromatic carbocycles. The van der Waals surface area contributed by atoms with E-state index in [4.69, 9.17) is 16.2 Å². The van der Waals surface area contributed by atoms with Crippen LogP contribution in [0.15, 0.2) is 24.3 Å². The van der Waals surface area contributed by atoms with Gasteiger partial charge in [-0.05, 0) is 0 Å². The molecule has 4 amide bonds. The van der Waals surface area contributed by atoms with Gasteiger partial charge < -0.3 is 16.2 Å². The Morgan fingerprint density at radius 3 is 1.52 bits per heavy atom. The van der Waals surface area contributed by atoms with Crippen molar-refractivity contribution in [3.05, 3.63) is 24.3 Å². The summed E-state index contributed by atoms with van der Waals surface area (Å²) in [6.07, 6.45) is 5.01. The quantitative estimate of drug-likeness (QED) is 0.399. The predicted octanol–water partition coefficient (Wildman–Crippen LogP) is -2.24. The molecule has 23 heavy (non-hydrogen) atoms. The maximum atomic E-state index is 11.0. The van der Waals surface area contributed by atoms with E-state index >= 15 is 0 Å². The Hall–Kier alpha value is -2.36. The van der Waals surface area contributed by atoms with Crippen molar-refractivity contribution >= 4 is 23.6 Å². The fourth-order valence-corrected chi connectivity index (χ4v) is 1.77. The van der Waals surface area contributed by atoms with Gasteiger partial charge in [-0.3, -0.25) is 29.0 Å². The zero-order valence-corrected chi connectivity index (χ0v) is 12.6. The van der Waals surface area contributed by atoms with Gasteiger partial charge in [0, 0.05) is 43.9 Å². The minimum atomic E-state index is -0.277. The van der Waals surface area contributed by atoms with Gasteiger partial charge in [0.05, 0.1) is 19.8 Å². The van der Waals surface area contributed by atoms with Crippen molar-refractivity contribution in [2.75, 3.05) is 39.4 Å². The van der Waals surface area contributed by atoms with Crippen LogP contribution in [0.5, 0.6) is 0 Å². The summed E-state index contributed by atoms with van der Waals surface area (Å²) in [5, 5.41) is 0. The molecule has 2 heterocycles. The molecule has 2 aliphatic heterocycles. The maximum Gasteiger partial charge on any atom is 0.253 e. The Balaban J connectivity index is 0.000000238. The third kappa shape index (κ3) is 5.74. The topological polar surface area (TPSA) is 136 Å². The van der Waals surface area contributed by atoms with Gasteiger partial charge in [-0.25, -0.2) is 0 Å². The molecule has 0 aromatic heterocycles. The second kappa shape index (κ2) is 9.62. The van der Waals surface area contributed by atoms with Crippen LogP contribution in [0.3, 0.4) is 0 Å². The SMILES string of the molecule is NCCN1C(=O)C=CC1=O.NCCOCCN1C(=O)C=CC1=O. The highest BCUT2D eigenvalue weighted by Crippen LogP contribution is 2.02. The lowest BCUT2D eigenvalue weighted by atomic mass is 10.5. The average Bonchev–Trinajstić information content (AvgIpc) is 3.02. The molecule has 9 heteroatoms. The molecule has 2 aliphatic rings. The second-order valence-electron chi connectivity index (χ2n) is 4.51. The Bertz CT molecular complexity index is 493. The first-order valence-corrected chi connectivity index (χ1v) is 7.06. The molecule has 126 valence electrons. The molecule has 0 aromatic rings. The van der Waals surface area contributed by atoms with E-state index in [0.29, 0.717) is 39.4 Å². The van der Waals surface area contributed by atoms with Crippen LogP contribution < -0.4 is 11.5 Å². The van der Waals surface area contributed by atoms with E-state index in [1.807, 2.05) is 0 Å². The number of amides is 4. The van der Waals surface area contributed by atoms with Gasteiger partial charge in [0.2, 0.25) is 0 Å². The summed E-state index contributed by atoms with van der Waals surface area (Å²) < 4.78 is 5.04. The number of ether oxygens (including phenoxy) is 1. The first kappa shape index (κ1) is 18.7. The van der Waals surface area contributed by atoms with Crippen LogP contribution in [0.2, 0.25) is 0 Å². The second-order valence-corrected chi connectivity index (χ2v) is 4.51. The number of carbonyl (C=O) groups is 4. The van der Waals surface area contributed by atoms with Gasteiger partial charge in [0.15, 0.2) is 0 Å². The summed E-state index contributed by atoms with van der Waals surface area (Å²) in [7, 11) is 0. The van der Waals surface area contributed by atoms with Crippen molar-refractivity contribution in [2.45, 2.75) is 0 Å². The number of hydrogen-bond donors (Lipinski definition) is 2. The lowest BCUT2D eigenvalue weighted by molar-refractivity contribution is -0.138. The summed E-state index contributed by atoms with van der Waals surface area (Å²) in [5.41, 5.74) is 10.4. The third-order valence-corrected chi connectivity index (χ3v) is 2.88. The molecule has 9 nitrogen and oxygen atoms in total. The number of nitrogens with zero attached hydrogens (tertiary/aromatic N) is 2. The fraction of sp³-hybridized carbons (Fsp3) is 0.429. The Labute approximate surface area is 133 Å². The zero-order valence-electron chi connectivity index (χ0n) is 12.6. The van der Waals surface area contributed by atoms with Crippen molar-refractivity contribution < 1.29 is 23.9 Å². The largest absolute Gasteiger partial charge is 0.378 e. The van der Waals surface area contributed by atoms with Crippen molar-refractivity contribution in [1.82, 2.24) is 9.80 Å². The number of imide groups is 2. The summed E-state index contributed by atoms with van der Waals surface area (Å²) in [6.45, 7) is 2.16. The third-order valence-electron chi connectivity index (χ3n) is 2.88. The normalized spacial score (nSPS) is 16.4. The molecule has 0 unspecified atom stereocenters. The van der Waals surface area contributed by atoms with Crippen molar-refractivity contribution in [3.63, 3.8) is 0 Å². The minimum absolute atomic E-state index is 0.268. The summed E-state index contributed by atoms with van der Waals surface area (Å²) in [4.78, 5) is 45.7. The van der Waals surface area contributed by atoms with Crippen LogP contribution in [-0.2, 0) is 23.9 Å². The lowest BCUT2D eigenvalue weighted by Gasteiger charge is -2.12. The van der Waals surface area contributed by atoms with Crippen molar-refractivity contribution in [3.8, 4) is 0 Å². The molecule has 0 fully saturated rings. The first-order chi connectivity index (χ1) is 11.0. The van der Waals surface area contributed by atoms with Crippen LogP contribution in [0.25, 0.3) is 0 Å². The Kier molecular flexibility index (Phi) is 7.81. The maximum absolute atomic E-state index is 11.0. The van der Waals surface area contributed by atoms with Crippen LogP contribution in [0.4, 0.5) is 0 Å².